The van der Waals surface area contributed by atoms with E-state index < -0.39 is 9.84 Å². The summed E-state index contributed by atoms with van der Waals surface area (Å²) >= 11 is 5.92. The molecule has 0 saturated heterocycles. The predicted octanol–water partition coefficient (Wildman–Crippen LogP) is 5.23. The largest absolute Gasteiger partial charge is 0.224 e. The number of benzene rings is 2. The summed E-state index contributed by atoms with van der Waals surface area (Å²) in [4.78, 5) is 0.342. The molecule has 1 saturated carbocycles. The summed E-state index contributed by atoms with van der Waals surface area (Å²) in [6, 6.07) is 12.1. The molecule has 2 aliphatic carbocycles. The standard InChI is InChI=1S/C20H18ClFO2S/c1-25(23,24)16-5-2-13(3-6-16)15-8-9-20(11-15)12-17(20)14-4-7-19(22)18(21)10-14/h2-8,10,17H,9,11-12H2,1H3. The van der Waals surface area contributed by atoms with Gasteiger partial charge in [0.1, 0.15) is 5.82 Å². The van der Waals surface area contributed by atoms with Crippen molar-refractivity contribution in [1.29, 1.82) is 0 Å². The zero-order valence-electron chi connectivity index (χ0n) is 13.8. The van der Waals surface area contributed by atoms with Gasteiger partial charge >= 0.3 is 0 Å². The molecule has 2 aromatic rings. The van der Waals surface area contributed by atoms with Crippen LogP contribution < -0.4 is 0 Å². The van der Waals surface area contributed by atoms with Crippen LogP contribution in [0, 0.1) is 11.2 Å². The first-order valence-corrected chi connectivity index (χ1v) is 10.5. The summed E-state index contributed by atoms with van der Waals surface area (Å²) in [5.74, 6) is 0.0333. The average Bonchev–Trinajstić information content (AvgIpc) is 3.09. The van der Waals surface area contributed by atoms with Gasteiger partial charge in [0.2, 0.25) is 0 Å². The summed E-state index contributed by atoms with van der Waals surface area (Å²) in [5.41, 5.74) is 3.66. The molecule has 130 valence electrons. The molecule has 0 aromatic heterocycles. The molecular weight excluding hydrogens is 359 g/mol. The highest BCUT2D eigenvalue weighted by Gasteiger charge is 2.55. The Hall–Kier alpha value is -1.65. The van der Waals surface area contributed by atoms with Crippen molar-refractivity contribution < 1.29 is 12.8 Å². The van der Waals surface area contributed by atoms with Gasteiger partial charge in [-0.15, -0.1) is 0 Å². The van der Waals surface area contributed by atoms with Gasteiger partial charge in [-0.05, 0) is 71.6 Å². The molecule has 2 aliphatic rings. The van der Waals surface area contributed by atoms with E-state index in [1.807, 2.05) is 18.2 Å². The van der Waals surface area contributed by atoms with Crippen LogP contribution in [0.3, 0.4) is 0 Å². The van der Waals surface area contributed by atoms with E-state index in [-0.39, 0.29) is 16.3 Å². The van der Waals surface area contributed by atoms with Crippen LogP contribution in [0.25, 0.3) is 5.57 Å². The lowest BCUT2D eigenvalue weighted by Gasteiger charge is -2.11. The van der Waals surface area contributed by atoms with Crippen LogP contribution >= 0.6 is 11.6 Å². The molecule has 0 amide bonds. The van der Waals surface area contributed by atoms with Crippen LogP contribution in [0.2, 0.25) is 5.02 Å². The number of sulfone groups is 1. The van der Waals surface area contributed by atoms with Crippen molar-refractivity contribution in [3.05, 3.63) is 70.5 Å². The molecule has 2 aromatic carbocycles. The normalized spacial score (nSPS) is 25.2. The monoisotopic (exact) mass is 376 g/mol. The number of halogens is 2. The first kappa shape index (κ1) is 16.8. The first-order valence-electron chi connectivity index (χ1n) is 8.23. The average molecular weight is 377 g/mol. The van der Waals surface area contributed by atoms with Gasteiger partial charge in [0.15, 0.2) is 9.84 Å². The Labute approximate surface area is 152 Å². The van der Waals surface area contributed by atoms with Gasteiger partial charge in [-0.2, -0.15) is 0 Å². The van der Waals surface area contributed by atoms with Crippen LogP contribution in [0.5, 0.6) is 0 Å². The predicted molar refractivity (Wildman–Crippen MR) is 98.0 cm³/mol. The summed E-state index contributed by atoms with van der Waals surface area (Å²) in [6.07, 6.45) is 6.51. The fourth-order valence-electron chi connectivity index (χ4n) is 3.96. The van der Waals surface area contributed by atoms with E-state index in [9.17, 15) is 12.8 Å². The lowest BCUT2D eigenvalue weighted by atomic mass is 9.93. The van der Waals surface area contributed by atoms with Crippen LogP contribution in [-0.2, 0) is 9.84 Å². The fourth-order valence-corrected chi connectivity index (χ4v) is 4.77. The molecule has 0 radical (unpaired) electrons. The van der Waals surface area contributed by atoms with Crippen molar-refractivity contribution in [1.82, 2.24) is 0 Å². The van der Waals surface area contributed by atoms with Gasteiger partial charge in [-0.25, -0.2) is 12.8 Å². The number of allylic oxidation sites excluding steroid dienone is 2. The van der Waals surface area contributed by atoms with E-state index in [1.165, 1.54) is 17.9 Å². The third-order valence-electron chi connectivity index (χ3n) is 5.49. The van der Waals surface area contributed by atoms with Gasteiger partial charge in [0.05, 0.1) is 9.92 Å². The van der Waals surface area contributed by atoms with Crippen molar-refractivity contribution in [2.24, 2.45) is 5.41 Å². The molecule has 2 nitrogen and oxygen atoms in total. The van der Waals surface area contributed by atoms with E-state index in [1.54, 1.807) is 18.2 Å². The highest BCUT2D eigenvalue weighted by atomic mass is 35.5. The molecule has 0 bridgehead atoms. The molecule has 0 heterocycles. The second kappa shape index (κ2) is 5.68. The third-order valence-corrected chi connectivity index (χ3v) is 6.90. The molecule has 2 atom stereocenters. The highest BCUT2D eigenvalue weighted by molar-refractivity contribution is 7.90. The van der Waals surface area contributed by atoms with Gasteiger partial charge in [-0.1, -0.05) is 35.9 Å². The Bertz CT molecular complexity index is 979. The minimum Gasteiger partial charge on any atom is -0.224 e. The van der Waals surface area contributed by atoms with Crippen LogP contribution in [-0.4, -0.2) is 14.7 Å². The lowest BCUT2D eigenvalue weighted by Crippen LogP contribution is -1.99. The minimum absolute atomic E-state index is 0.182. The van der Waals surface area contributed by atoms with Crippen molar-refractivity contribution in [3.63, 3.8) is 0 Å². The van der Waals surface area contributed by atoms with E-state index in [2.05, 4.69) is 6.08 Å². The third kappa shape index (κ3) is 3.02. The Kier molecular flexibility index (Phi) is 3.82. The Balaban J connectivity index is 1.51. The van der Waals surface area contributed by atoms with E-state index >= 15 is 0 Å². The summed E-state index contributed by atoms with van der Waals surface area (Å²) in [5, 5.41) is 0.182. The molecule has 1 spiro atoms. The van der Waals surface area contributed by atoms with Gasteiger partial charge in [-0.3, -0.25) is 0 Å². The number of hydrogen-bond acceptors (Lipinski definition) is 2. The van der Waals surface area contributed by atoms with Crippen LogP contribution in [0.15, 0.2) is 53.4 Å². The highest BCUT2D eigenvalue weighted by Crippen LogP contribution is 2.68. The van der Waals surface area contributed by atoms with E-state index in [4.69, 9.17) is 11.6 Å². The Morgan fingerprint density at radius 1 is 1.16 bits per heavy atom. The SMILES string of the molecule is CS(=O)(=O)c1ccc(C2=CCC3(C2)CC3c2ccc(F)c(Cl)c2)cc1. The lowest BCUT2D eigenvalue weighted by molar-refractivity contribution is 0.538. The van der Waals surface area contributed by atoms with E-state index in [0.29, 0.717) is 10.8 Å². The number of rotatable bonds is 3. The minimum atomic E-state index is -3.17. The maximum Gasteiger partial charge on any atom is 0.175 e. The van der Waals surface area contributed by atoms with Gasteiger partial charge < -0.3 is 0 Å². The molecule has 4 rings (SSSR count). The first-order chi connectivity index (χ1) is 11.8. The summed E-state index contributed by atoms with van der Waals surface area (Å²) in [7, 11) is -3.17. The fraction of sp³-hybridized carbons (Fsp3) is 0.300. The Morgan fingerprint density at radius 2 is 1.88 bits per heavy atom. The molecule has 5 heteroatoms. The molecule has 1 fully saturated rings. The quantitative estimate of drug-likeness (QED) is 0.734. The molecule has 2 unspecified atom stereocenters. The number of hydrogen-bond donors (Lipinski definition) is 0. The molecule has 0 N–H and O–H groups in total. The van der Waals surface area contributed by atoms with Crippen molar-refractivity contribution in [2.45, 2.75) is 30.1 Å². The summed E-state index contributed by atoms with van der Waals surface area (Å²) in [6.45, 7) is 0. The van der Waals surface area contributed by atoms with E-state index in [0.717, 1.165) is 30.4 Å². The van der Waals surface area contributed by atoms with Crippen molar-refractivity contribution in [3.8, 4) is 0 Å². The molecule has 25 heavy (non-hydrogen) atoms. The van der Waals surface area contributed by atoms with Crippen molar-refractivity contribution in [2.75, 3.05) is 6.26 Å². The van der Waals surface area contributed by atoms with Crippen LogP contribution in [0.1, 0.15) is 36.3 Å². The van der Waals surface area contributed by atoms with Crippen LogP contribution in [0.4, 0.5) is 4.39 Å². The second-order valence-corrected chi connectivity index (χ2v) is 9.62. The topological polar surface area (TPSA) is 34.1 Å². The van der Waals surface area contributed by atoms with Gasteiger partial charge in [0.25, 0.3) is 0 Å². The van der Waals surface area contributed by atoms with Gasteiger partial charge in [0, 0.05) is 6.26 Å². The van der Waals surface area contributed by atoms with Crippen molar-refractivity contribution >= 4 is 27.0 Å². The maximum absolute atomic E-state index is 13.4. The molecule has 0 aliphatic heterocycles. The zero-order valence-corrected chi connectivity index (χ0v) is 15.4. The molecular formula is C20H18ClFO2S. The zero-order chi connectivity index (χ0) is 17.8. The second-order valence-electron chi connectivity index (χ2n) is 7.20. The Morgan fingerprint density at radius 3 is 2.52 bits per heavy atom. The summed E-state index contributed by atoms with van der Waals surface area (Å²) < 4.78 is 36.5. The maximum atomic E-state index is 13.4. The smallest absolute Gasteiger partial charge is 0.175 e.